The van der Waals surface area contributed by atoms with E-state index in [0.29, 0.717) is 18.8 Å². The van der Waals surface area contributed by atoms with E-state index in [1.165, 1.54) is 11.1 Å². The summed E-state index contributed by atoms with van der Waals surface area (Å²) in [5.41, 5.74) is 5.39. The van der Waals surface area contributed by atoms with Crippen molar-refractivity contribution in [3.05, 3.63) is 102 Å². The number of aromatic nitrogens is 5. The quantitative estimate of drug-likeness (QED) is 0.289. The van der Waals surface area contributed by atoms with Gasteiger partial charge in [-0.1, -0.05) is 48.2 Å². The van der Waals surface area contributed by atoms with E-state index in [1.807, 2.05) is 43.3 Å². The molecule has 3 heterocycles. The van der Waals surface area contributed by atoms with E-state index < -0.39 is 0 Å². The van der Waals surface area contributed by atoms with Crippen molar-refractivity contribution in [3.8, 4) is 11.4 Å². The van der Waals surface area contributed by atoms with Crippen LogP contribution in [0.5, 0.6) is 5.75 Å². The SMILES string of the molecule is CCOc1ccc(-n2c(Cc3ccccc3)nnc2SCc2cn3cc(C)ccc3n2)cc1. The fourth-order valence-electron chi connectivity index (χ4n) is 3.77. The van der Waals surface area contributed by atoms with Gasteiger partial charge in [-0.2, -0.15) is 0 Å². The Labute approximate surface area is 197 Å². The maximum atomic E-state index is 5.62. The van der Waals surface area contributed by atoms with Crippen LogP contribution in [0.2, 0.25) is 0 Å². The van der Waals surface area contributed by atoms with Gasteiger partial charge in [0.05, 0.1) is 12.3 Å². The summed E-state index contributed by atoms with van der Waals surface area (Å²) in [6, 6.07) is 22.6. The minimum Gasteiger partial charge on any atom is -0.494 e. The van der Waals surface area contributed by atoms with Crippen LogP contribution >= 0.6 is 11.8 Å². The highest BCUT2D eigenvalue weighted by Crippen LogP contribution is 2.27. The van der Waals surface area contributed by atoms with Crippen LogP contribution in [-0.2, 0) is 12.2 Å². The molecule has 0 saturated heterocycles. The van der Waals surface area contributed by atoms with Gasteiger partial charge in [0, 0.05) is 30.3 Å². The zero-order chi connectivity index (χ0) is 22.6. The minimum absolute atomic E-state index is 0.644. The molecule has 33 heavy (non-hydrogen) atoms. The second-order valence-electron chi connectivity index (χ2n) is 7.82. The molecule has 0 aliphatic heterocycles. The third-order valence-corrected chi connectivity index (χ3v) is 6.27. The first kappa shape index (κ1) is 21.3. The van der Waals surface area contributed by atoms with Crippen LogP contribution in [-0.4, -0.2) is 30.8 Å². The van der Waals surface area contributed by atoms with Crippen molar-refractivity contribution in [2.24, 2.45) is 0 Å². The van der Waals surface area contributed by atoms with Gasteiger partial charge in [-0.15, -0.1) is 10.2 Å². The third kappa shape index (κ3) is 4.78. The molecule has 0 unspecified atom stereocenters. The van der Waals surface area contributed by atoms with E-state index in [9.17, 15) is 0 Å². The van der Waals surface area contributed by atoms with Crippen LogP contribution in [0.1, 0.15) is 29.6 Å². The Kier molecular flexibility index (Phi) is 6.13. The van der Waals surface area contributed by atoms with E-state index in [-0.39, 0.29) is 0 Å². The van der Waals surface area contributed by atoms with Crippen LogP contribution in [0.3, 0.4) is 0 Å². The number of imidazole rings is 1. The molecule has 0 atom stereocenters. The van der Waals surface area contributed by atoms with E-state index in [0.717, 1.165) is 33.8 Å². The number of rotatable bonds is 8. The molecule has 0 radical (unpaired) electrons. The molecule has 3 aromatic heterocycles. The van der Waals surface area contributed by atoms with Crippen LogP contribution < -0.4 is 4.74 Å². The summed E-state index contributed by atoms with van der Waals surface area (Å²) in [6.07, 6.45) is 4.88. The highest BCUT2D eigenvalue weighted by atomic mass is 32.2. The molecular weight excluding hydrogens is 430 g/mol. The van der Waals surface area contributed by atoms with Crippen molar-refractivity contribution < 1.29 is 4.74 Å². The smallest absolute Gasteiger partial charge is 0.196 e. The third-order valence-electron chi connectivity index (χ3n) is 5.31. The van der Waals surface area contributed by atoms with Gasteiger partial charge in [0.15, 0.2) is 5.16 Å². The van der Waals surface area contributed by atoms with Gasteiger partial charge in [0.25, 0.3) is 0 Å². The van der Waals surface area contributed by atoms with E-state index in [1.54, 1.807) is 11.8 Å². The maximum Gasteiger partial charge on any atom is 0.196 e. The highest BCUT2D eigenvalue weighted by Gasteiger charge is 2.16. The van der Waals surface area contributed by atoms with Crippen molar-refractivity contribution in [2.75, 3.05) is 6.61 Å². The Bertz CT molecular complexity index is 1360. The topological polar surface area (TPSA) is 57.2 Å². The number of hydrogen-bond donors (Lipinski definition) is 0. The molecule has 0 amide bonds. The van der Waals surface area contributed by atoms with Crippen molar-refractivity contribution in [2.45, 2.75) is 31.2 Å². The number of hydrogen-bond acceptors (Lipinski definition) is 5. The molecule has 0 spiro atoms. The summed E-state index contributed by atoms with van der Waals surface area (Å²) in [4.78, 5) is 4.75. The second kappa shape index (κ2) is 9.50. The molecule has 5 rings (SSSR count). The molecule has 0 aliphatic carbocycles. The molecule has 166 valence electrons. The second-order valence-corrected chi connectivity index (χ2v) is 8.76. The minimum atomic E-state index is 0.644. The Morgan fingerprint density at radius 2 is 1.73 bits per heavy atom. The normalized spacial score (nSPS) is 11.2. The van der Waals surface area contributed by atoms with Gasteiger partial charge < -0.3 is 9.14 Å². The average molecular weight is 456 g/mol. The van der Waals surface area contributed by atoms with Crippen LogP contribution in [0.25, 0.3) is 11.3 Å². The predicted octanol–water partition coefficient (Wildman–Crippen LogP) is 5.51. The summed E-state index contributed by atoms with van der Waals surface area (Å²) in [5, 5.41) is 9.93. The summed E-state index contributed by atoms with van der Waals surface area (Å²) in [6.45, 7) is 4.72. The van der Waals surface area contributed by atoms with Crippen LogP contribution in [0.15, 0.2) is 84.3 Å². The Morgan fingerprint density at radius 1 is 0.909 bits per heavy atom. The first-order chi connectivity index (χ1) is 16.2. The van der Waals surface area contributed by atoms with Gasteiger partial charge in [-0.25, -0.2) is 4.98 Å². The number of fused-ring (bicyclic) bond motifs is 1. The Morgan fingerprint density at radius 3 is 2.52 bits per heavy atom. The summed E-state index contributed by atoms with van der Waals surface area (Å²) in [5.74, 6) is 2.47. The van der Waals surface area contributed by atoms with Gasteiger partial charge >= 0.3 is 0 Å². The molecule has 0 bridgehead atoms. The number of nitrogens with zero attached hydrogens (tertiary/aromatic N) is 5. The number of aryl methyl sites for hydroxylation is 1. The standard InChI is InChI=1S/C26H25N5OS/c1-3-32-23-12-10-22(11-13-23)31-25(15-20-7-5-4-6-8-20)28-29-26(31)33-18-21-17-30-16-19(2)9-14-24(30)27-21/h4-14,16-17H,3,15,18H2,1-2H3. The molecule has 0 saturated carbocycles. The molecule has 5 aromatic rings. The van der Waals surface area contributed by atoms with Crippen molar-refractivity contribution in [1.29, 1.82) is 0 Å². The summed E-state index contributed by atoms with van der Waals surface area (Å²) < 4.78 is 9.83. The van der Waals surface area contributed by atoms with Crippen molar-refractivity contribution in [1.82, 2.24) is 24.1 Å². The predicted molar refractivity (Wildman–Crippen MR) is 131 cm³/mol. The lowest BCUT2D eigenvalue weighted by molar-refractivity contribution is 0.340. The lowest BCUT2D eigenvalue weighted by Crippen LogP contribution is -2.04. The van der Waals surface area contributed by atoms with Crippen molar-refractivity contribution in [3.63, 3.8) is 0 Å². The van der Waals surface area contributed by atoms with E-state index in [2.05, 4.69) is 68.8 Å². The molecule has 7 heteroatoms. The van der Waals surface area contributed by atoms with Gasteiger partial charge in [0.2, 0.25) is 0 Å². The Balaban J connectivity index is 1.45. The van der Waals surface area contributed by atoms with Crippen LogP contribution in [0.4, 0.5) is 0 Å². The number of benzene rings is 2. The zero-order valence-electron chi connectivity index (χ0n) is 18.7. The number of pyridine rings is 1. The fourth-order valence-corrected chi connectivity index (χ4v) is 4.62. The molecule has 2 aromatic carbocycles. The van der Waals surface area contributed by atoms with Gasteiger partial charge in [0.1, 0.15) is 17.2 Å². The van der Waals surface area contributed by atoms with E-state index >= 15 is 0 Å². The first-order valence-electron chi connectivity index (χ1n) is 11.0. The monoisotopic (exact) mass is 455 g/mol. The summed E-state index contributed by atoms with van der Waals surface area (Å²) >= 11 is 1.64. The van der Waals surface area contributed by atoms with Gasteiger partial charge in [-0.05, 0) is 55.3 Å². The van der Waals surface area contributed by atoms with Gasteiger partial charge in [-0.3, -0.25) is 4.57 Å². The fraction of sp³-hybridized carbons (Fsp3) is 0.192. The lowest BCUT2D eigenvalue weighted by atomic mass is 10.1. The molecule has 0 aliphatic rings. The lowest BCUT2D eigenvalue weighted by Gasteiger charge is -2.11. The molecule has 0 fully saturated rings. The zero-order valence-corrected chi connectivity index (χ0v) is 19.5. The highest BCUT2D eigenvalue weighted by molar-refractivity contribution is 7.98. The summed E-state index contributed by atoms with van der Waals surface area (Å²) in [7, 11) is 0. The van der Waals surface area contributed by atoms with E-state index in [4.69, 9.17) is 9.72 Å². The number of ether oxygens (including phenoxy) is 1. The first-order valence-corrected chi connectivity index (χ1v) is 12.0. The molecule has 6 nitrogen and oxygen atoms in total. The Hall–Kier alpha value is -3.58. The molecular formula is C26H25N5OS. The maximum absolute atomic E-state index is 5.62. The number of thioether (sulfide) groups is 1. The van der Waals surface area contributed by atoms with Crippen LogP contribution in [0, 0.1) is 6.92 Å². The average Bonchev–Trinajstić information content (AvgIpc) is 3.42. The van der Waals surface area contributed by atoms with Crippen molar-refractivity contribution >= 4 is 17.4 Å². The molecule has 0 N–H and O–H groups in total. The largest absolute Gasteiger partial charge is 0.494 e.